The summed E-state index contributed by atoms with van der Waals surface area (Å²) in [5.41, 5.74) is 8.76. The van der Waals surface area contributed by atoms with Gasteiger partial charge < -0.3 is 10.5 Å². The fraction of sp³-hybridized carbons (Fsp3) is 0.429. The number of nitrogens with two attached hydrogens (primary N) is 1. The molecule has 2 rings (SSSR count). The minimum atomic E-state index is -0.131. The van der Waals surface area contributed by atoms with Gasteiger partial charge in [-0.25, -0.2) is 4.68 Å². The molecule has 2 aromatic rings. The van der Waals surface area contributed by atoms with E-state index < -0.39 is 0 Å². The molecule has 19 heavy (non-hydrogen) atoms. The van der Waals surface area contributed by atoms with Crippen LogP contribution >= 0.6 is 0 Å². The molecular weight excluding hydrogens is 240 g/mol. The molecule has 0 saturated heterocycles. The summed E-state index contributed by atoms with van der Waals surface area (Å²) in [6.45, 7) is 6.81. The van der Waals surface area contributed by atoms with Crippen molar-refractivity contribution in [2.45, 2.75) is 32.8 Å². The van der Waals surface area contributed by atoms with Gasteiger partial charge in [0.25, 0.3) is 0 Å². The minimum Gasteiger partial charge on any atom is -0.381 e. The second-order valence-corrected chi connectivity index (χ2v) is 5.55. The van der Waals surface area contributed by atoms with Crippen LogP contribution in [0.25, 0.3) is 5.69 Å². The number of nitrogen functional groups attached to an aromatic ring is 1. The van der Waals surface area contributed by atoms with Crippen molar-refractivity contribution in [3.05, 3.63) is 35.5 Å². The number of methoxy groups -OCH3 is 1. The van der Waals surface area contributed by atoms with Gasteiger partial charge >= 0.3 is 0 Å². The molecule has 0 atom stereocenters. The number of hydrogen-bond donors (Lipinski definition) is 1. The molecule has 2 N–H and O–H groups in total. The van der Waals surface area contributed by atoms with E-state index in [-0.39, 0.29) is 5.41 Å². The molecule has 0 bridgehead atoms. The third-order valence-electron chi connectivity index (χ3n) is 2.93. The van der Waals surface area contributed by atoms with Crippen LogP contribution in [0.4, 0.5) is 5.82 Å². The Morgan fingerprint density at radius 2 is 1.95 bits per heavy atom. The predicted molar refractivity (Wildman–Crippen MR) is 75.2 cm³/mol. The van der Waals surface area contributed by atoms with Crippen molar-refractivity contribution >= 4 is 5.82 Å². The number of rotatable bonds is 3. The van der Waals surface area contributed by atoms with Crippen molar-refractivity contribution in [2.75, 3.05) is 12.8 Å². The van der Waals surface area contributed by atoms with Crippen LogP contribution in [0.1, 0.15) is 32.0 Å². The molecule has 1 aromatic carbocycles. The van der Waals surface area contributed by atoms with Crippen LogP contribution in [-0.4, -0.2) is 22.1 Å². The van der Waals surface area contributed by atoms with E-state index in [0.717, 1.165) is 16.9 Å². The van der Waals surface area contributed by atoms with E-state index in [0.29, 0.717) is 12.4 Å². The number of hydrogen-bond acceptors (Lipinski definition) is 4. The van der Waals surface area contributed by atoms with Gasteiger partial charge in [-0.15, -0.1) is 5.10 Å². The van der Waals surface area contributed by atoms with Gasteiger partial charge in [-0.3, -0.25) is 0 Å². The Labute approximate surface area is 113 Å². The molecule has 0 aliphatic heterocycles. The normalized spacial score (nSPS) is 11.8. The summed E-state index contributed by atoms with van der Waals surface area (Å²) < 4.78 is 7.04. The standard InChI is InChI=1S/C14H20N4O/c1-14(2,3)12-13(15)16-17-18(12)11-8-6-5-7-10(11)9-19-4/h5-8H,9,15H2,1-4H3. The third-order valence-corrected chi connectivity index (χ3v) is 2.93. The van der Waals surface area contributed by atoms with Crippen molar-refractivity contribution in [3.8, 4) is 5.69 Å². The second-order valence-electron chi connectivity index (χ2n) is 5.55. The molecule has 0 saturated carbocycles. The maximum Gasteiger partial charge on any atom is 0.170 e. The first-order valence-corrected chi connectivity index (χ1v) is 6.24. The highest BCUT2D eigenvalue weighted by atomic mass is 16.5. The molecule has 0 aliphatic rings. The molecule has 1 heterocycles. The van der Waals surface area contributed by atoms with E-state index in [1.807, 2.05) is 28.9 Å². The van der Waals surface area contributed by atoms with E-state index >= 15 is 0 Å². The van der Waals surface area contributed by atoms with Crippen LogP contribution in [-0.2, 0) is 16.8 Å². The Bertz CT molecular complexity index is 569. The minimum absolute atomic E-state index is 0.131. The van der Waals surface area contributed by atoms with Gasteiger partial charge in [0.2, 0.25) is 0 Å². The summed E-state index contributed by atoms with van der Waals surface area (Å²) in [4.78, 5) is 0. The highest BCUT2D eigenvalue weighted by molar-refractivity contribution is 5.47. The topological polar surface area (TPSA) is 66.0 Å². The third kappa shape index (κ3) is 2.61. The Morgan fingerprint density at radius 1 is 1.26 bits per heavy atom. The number of aromatic nitrogens is 3. The molecular formula is C14H20N4O. The van der Waals surface area contributed by atoms with Gasteiger partial charge in [-0.1, -0.05) is 44.2 Å². The van der Waals surface area contributed by atoms with Crippen molar-refractivity contribution in [1.82, 2.24) is 15.0 Å². The van der Waals surface area contributed by atoms with Gasteiger partial charge in [0, 0.05) is 18.1 Å². The zero-order chi connectivity index (χ0) is 14.0. The van der Waals surface area contributed by atoms with Gasteiger partial charge in [-0.2, -0.15) is 0 Å². The summed E-state index contributed by atoms with van der Waals surface area (Å²) in [6, 6.07) is 7.97. The van der Waals surface area contributed by atoms with E-state index in [9.17, 15) is 0 Å². The number of anilines is 1. The van der Waals surface area contributed by atoms with Gasteiger partial charge in [-0.05, 0) is 6.07 Å². The SMILES string of the molecule is COCc1ccccc1-n1nnc(N)c1C(C)(C)C. The van der Waals surface area contributed by atoms with Crippen LogP contribution in [0.3, 0.4) is 0 Å². The number of nitrogens with zero attached hydrogens (tertiary/aromatic N) is 3. The lowest BCUT2D eigenvalue weighted by Crippen LogP contribution is -2.20. The Kier molecular flexibility index (Phi) is 3.57. The number of ether oxygens (including phenoxy) is 1. The zero-order valence-corrected chi connectivity index (χ0v) is 11.8. The maximum atomic E-state index is 5.96. The molecule has 0 fully saturated rings. The number of para-hydroxylation sites is 1. The second kappa shape index (κ2) is 5.01. The largest absolute Gasteiger partial charge is 0.381 e. The summed E-state index contributed by atoms with van der Waals surface area (Å²) >= 11 is 0. The molecule has 5 nitrogen and oxygen atoms in total. The van der Waals surface area contributed by atoms with Crippen LogP contribution in [0.2, 0.25) is 0 Å². The molecule has 0 spiro atoms. The van der Waals surface area contributed by atoms with Crippen LogP contribution in [0, 0.1) is 0 Å². The quantitative estimate of drug-likeness (QED) is 0.919. The van der Waals surface area contributed by atoms with Crippen LogP contribution < -0.4 is 5.73 Å². The number of benzene rings is 1. The molecule has 102 valence electrons. The van der Waals surface area contributed by atoms with Crippen molar-refractivity contribution in [1.29, 1.82) is 0 Å². The van der Waals surface area contributed by atoms with Crippen LogP contribution in [0.15, 0.2) is 24.3 Å². The molecule has 1 aromatic heterocycles. The first kappa shape index (κ1) is 13.5. The fourth-order valence-corrected chi connectivity index (χ4v) is 2.16. The average Bonchev–Trinajstić information content (AvgIpc) is 2.72. The van der Waals surface area contributed by atoms with E-state index in [2.05, 4.69) is 31.1 Å². The lowest BCUT2D eigenvalue weighted by atomic mass is 9.91. The summed E-state index contributed by atoms with van der Waals surface area (Å²) in [7, 11) is 1.68. The first-order chi connectivity index (χ1) is 8.95. The Balaban J connectivity index is 2.60. The van der Waals surface area contributed by atoms with Gasteiger partial charge in [0.1, 0.15) is 0 Å². The monoisotopic (exact) mass is 260 g/mol. The molecule has 0 unspecified atom stereocenters. The van der Waals surface area contributed by atoms with Crippen molar-refractivity contribution < 1.29 is 4.74 Å². The maximum absolute atomic E-state index is 5.96. The summed E-state index contributed by atoms with van der Waals surface area (Å²) in [5, 5.41) is 8.19. The average molecular weight is 260 g/mol. The van der Waals surface area contributed by atoms with Gasteiger partial charge in [0.15, 0.2) is 5.82 Å². The summed E-state index contributed by atoms with van der Waals surface area (Å²) in [5.74, 6) is 0.472. The summed E-state index contributed by atoms with van der Waals surface area (Å²) in [6.07, 6.45) is 0. The van der Waals surface area contributed by atoms with Crippen molar-refractivity contribution in [3.63, 3.8) is 0 Å². The fourth-order valence-electron chi connectivity index (χ4n) is 2.16. The Hall–Kier alpha value is -1.88. The van der Waals surface area contributed by atoms with E-state index in [1.54, 1.807) is 7.11 Å². The lowest BCUT2D eigenvalue weighted by molar-refractivity contribution is 0.184. The zero-order valence-electron chi connectivity index (χ0n) is 11.8. The van der Waals surface area contributed by atoms with Gasteiger partial charge in [0.05, 0.1) is 18.0 Å². The highest BCUT2D eigenvalue weighted by Gasteiger charge is 2.25. The molecule has 0 radical (unpaired) electrons. The van der Waals surface area contributed by atoms with E-state index in [1.165, 1.54) is 0 Å². The molecule has 5 heteroatoms. The smallest absolute Gasteiger partial charge is 0.170 e. The molecule has 0 amide bonds. The first-order valence-electron chi connectivity index (χ1n) is 6.24. The predicted octanol–water partition coefficient (Wildman–Crippen LogP) is 2.29. The highest BCUT2D eigenvalue weighted by Crippen LogP contribution is 2.29. The molecule has 0 aliphatic carbocycles. The van der Waals surface area contributed by atoms with Crippen molar-refractivity contribution in [2.24, 2.45) is 0 Å². The van der Waals surface area contributed by atoms with Crippen LogP contribution in [0.5, 0.6) is 0 Å². The lowest BCUT2D eigenvalue weighted by Gasteiger charge is -2.21. The Morgan fingerprint density at radius 3 is 2.58 bits per heavy atom. The van der Waals surface area contributed by atoms with E-state index in [4.69, 9.17) is 10.5 Å².